The van der Waals surface area contributed by atoms with Crippen molar-refractivity contribution in [2.75, 3.05) is 0 Å². The van der Waals surface area contributed by atoms with E-state index >= 15 is 0 Å². The van der Waals surface area contributed by atoms with Crippen LogP contribution in [-0.2, 0) is 13.5 Å². The van der Waals surface area contributed by atoms with Crippen LogP contribution < -0.4 is 0 Å². The Labute approximate surface area is 110 Å². The van der Waals surface area contributed by atoms with Crippen LogP contribution in [0.5, 0.6) is 0 Å². The van der Waals surface area contributed by atoms with Crippen molar-refractivity contribution in [2.45, 2.75) is 64.4 Å². The first kappa shape index (κ1) is 13.6. The zero-order valence-corrected chi connectivity index (χ0v) is 11.9. The molecule has 1 unspecified atom stereocenters. The first-order valence-electron chi connectivity index (χ1n) is 7.09. The van der Waals surface area contributed by atoms with E-state index in [1.165, 1.54) is 6.42 Å². The van der Waals surface area contributed by atoms with Gasteiger partial charge in [-0.15, -0.1) is 0 Å². The summed E-state index contributed by atoms with van der Waals surface area (Å²) in [5, 5.41) is 10.7. The van der Waals surface area contributed by atoms with Crippen molar-refractivity contribution < 1.29 is 5.11 Å². The molecule has 1 fully saturated rings. The maximum absolute atomic E-state index is 10.7. The van der Waals surface area contributed by atoms with Crippen molar-refractivity contribution in [3.05, 3.63) is 18.2 Å². The Balaban J connectivity index is 1.93. The third-order valence-electron chi connectivity index (χ3n) is 4.50. The molecule has 1 N–H and O–H groups in total. The Hall–Kier alpha value is -0.830. The van der Waals surface area contributed by atoms with Gasteiger partial charge in [0.05, 0.1) is 5.60 Å². The maximum atomic E-state index is 10.7. The Kier molecular flexibility index (Phi) is 3.81. The third kappa shape index (κ3) is 3.35. The van der Waals surface area contributed by atoms with Crippen LogP contribution >= 0.6 is 0 Å². The topological polar surface area (TPSA) is 38.0 Å². The average molecular weight is 250 g/mol. The van der Waals surface area contributed by atoms with Crippen molar-refractivity contribution in [1.82, 2.24) is 9.55 Å². The van der Waals surface area contributed by atoms with E-state index in [4.69, 9.17) is 0 Å². The lowest BCUT2D eigenvalue weighted by molar-refractivity contribution is 0.0136. The second-order valence-electron chi connectivity index (χ2n) is 6.70. The fourth-order valence-electron chi connectivity index (χ4n) is 2.95. The number of nitrogens with zero attached hydrogens (tertiary/aromatic N) is 2. The summed E-state index contributed by atoms with van der Waals surface area (Å²) in [7, 11) is 2.02. The van der Waals surface area contributed by atoms with Gasteiger partial charge >= 0.3 is 0 Å². The number of aliphatic hydroxyl groups is 1. The Morgan fingerprint density at radius 1 is 1.28 bits per heavy atom. The predicted molar refractivity (Wildman–Crippen MR) is 73.3 cm³/mol. The molecule has 1 aromatic heterocycles. The lowest BCUT2D eigenvalue weighted by Gasteiger charge is -2.27. The van der Waals surface area contributed by atoms with Crippen molar-refractivity contribution in [3.63, 3.8) is 0 Å². The normalized spacial score (nSPS) is 28.0. The largest absolute Gasteiger partial charge is 0.390 e. The van der Waals surface area contributed by atoms with Gasteiger partial charge in [-0.05, 0) is 37.5 Å². The molecule has 0 aromatic carbocycles. The molecule has 0 radical (unpaired) electrons. The Bertz CT molecular complexity index is 397. The molecular weight excluding hydrogens is 224 g/mol. The van der Waals surface area contributed by atoms with Crippen LogP contribution in [0.25, 0.3) is 0 Å². The van der Waals surface area contributed by atoms with Crippen molar-refractivity contribution >= 4 is 0 Å². The molecule has 1 atom stereocenters. The van der Waals surface area contributed by atoms with Gasteiger partial charge in [-0.3, -0.25) is 0 Å². The molecule has 3 nitrogen and oxygen atoms in total. The average Bonchev–Trinajstić information content (AvgIpc) is 2.64. The molecule has 0 bridgehead atoms. The van der Waals surface area contributed by atoms with Gasteiger partial charge in [0.15, 0.2) is 0 Å². The van der Waals surface area contributed by atoms with Crippen molar-refractivity contribution in [3.8, 4) is 0 Å². The van der Waals surface area contributed by atoms with Crippen LogP contribution in [0.1, 0.15) is 58.2 Å². The molecule has 18 heavy (non-hydrogen) atoms. The highest BCUT2D eigenvalue weighted by Gasteiger charge is 2.33. The van der Waals surface area contributed by atoms with E-state index in [1.54, 1.807) is 0 Å². The lowest BCUT2D eigenvalue weighted by Crippen LogP contribution is -2.29. The summed E-state index contributed by atoms with van der Waals surface area (Å²) in [5.41, 5.74) is -0.0760. The van der Waals surface area contributed by atoms with Gasteiger partial charge in [0.1, 0.15) is 5.82 Å². The standard InChI is InChI=1S/C15H26N2O/c1-14(2)6-4-7-15(18,10-9-14)8-5-13-16-11-12-17(13)3/h11-12,18H,4-10H2,1-3H3. The number of hydrogen-bond acceptors (Lipinski definition) is 2. The van der Waals surface area contributed by atoms with E-state index in [1.807, 2.05) is 24.0 Å². The summed E-state index contributed by atoms with van der Waals surface area (Å²) in [6.45, 7) is 4.63. The van der Waals surface area contributed by atoms with E-state index in [9.17, 15) is 5.11 Å². The van der Waals surface area contributed by atoms with Crippen LogP contribution in [-0.4, -0.2) is 20.3 Å². The summed E-state index contributed by atoms with van der Waals surface area (Å²) < 4.78 is 2.05. The number of imidazole rings is 1. The molecule has 3 heteroatoms. The zero-order chi connectivity index (χ0) is 13.2. The van der Waals surface area contributed by atoms with E-state index in [0.29, 0.717) is 5.41 Å². The molecule has 1 heterocycles. The number of aromatic nitrogens is 2. The zero-order valence-electron chi connectivity index (χ0n) is 11.9. The van der Waals surface area contributed by atoms with Crippen LogP contribution in [0.15, 0.2) is 12.4 Å². The molecule has 0 aliphatic heterocycles. The van der Waals surface area contributed by atoms with Gasteiger partial charge in [-0.2, -0.15) is 0 Å². The quantitative estimate of drug-likeness (QED) is 0.837. The number of aryl methyl sites for hydroxylation is 2. The molecule has 1 aliphatic carbocycles. The highest BCUT2D eigenvalue weighted by atomic mass is 16.3. The van der Waals surface area contributed by atoms with Crippen LogP contribution in [0.4, 0.5) is 0 Å². The first-order chi connectivity index (χ1) is 8.40. The van der Waals surface area contributed by atoms with Crippen LogP contribution in [0.3, 0.4) is 0 Å². The Morgan fingerprint density at radius 2 is 2.06 bits per heavy atom. The van der Waals surface area contributed by atoms with Gasteiger partial charge < -0.3 is 9.67 Å². The van der Waals surface area contributed by atoms with Crippen molar-refractivity contribution in [1.29, 1.82) is 0 Å². The fourth-order valence-corrected chi connectivity index (χ4v) is 2.95. The summed E-state index contributed by atoms with van der Waals surface area (Å²) in [4.78, 5) is 4.34. The van der Waals surface area contributed by atoms with Gasteiger partial charge in [-0.1, -0.05) is 20.3 Å². The van der Waals surface area contributed by atoms with E-state index in [2.05, 4.69) is 18.8 Å². The van der Waals surface area contributed by atoms with E-state index < -0.39 is 5.60 Å². The minimum Gasteiger partial charge on any atom is -0.390 e. The molecule has 0 spiro atoms. The van der Waals surface area contributed by atoms with E-state index in [0.717, 1.165) is 44.3 Å². The monoisotopic (exact) mass is 250 g/mol. The van der Waals surface area contributed by atoms with Crippen LogP contribution in [0.2, 0.25) is 0 Å². The van der Waals surface area contributed by atoms with Gasteiger partial charge in [0.2, 0.25) is 0 Å². The van der Waals surface area contributed by atoms with E-state index in [-0.39, 0.29) is 0 Å². The molecule has 0 amide bonds. The lowest BCUT2D eigenvalue weighted by atomic mass is 9.83. The second-order valence-corrected chi connectivity index (χ2v) is 6.70. The van der Waals surface area contributed by atoms with Gasteiger partial charge in [0.25, 0.3) is 0 Å². The number of hydrogen-bond donors (Lipinski definition) is 1. The predicted octanol–water partition coefficient (Wildman–Crippen LogP) is 3.07. The van der Waals surface area contributed by atoms with Gasteiger partial charge in [0, 0.05) is 25.9 Å². The minimum atomic E-state index is -0.472. The van der Waals surface area contributed by atoms with Crippen molar-refractivity contribution in [2.24, 2.45) is 12.5 Å². The summed E-state index contributed by atoms with van der Waals surface area (Å²) in [6.07, 6.45) is 10.9. The molecule has 1 aliphatic rings. The SMILES string of the molecule is Cn1ccnc1CCC1(O)CCCC(C)(C)CC1. The summed E-state index contributed by atoms with van der Waals surface area (Å²) >= 11 is 0. The van der Waals surface area contributed by atoms with Crippen LogP contribution in [0, 0.1) is 5.41 Å². The molecule has 2 rings (SSSR count). The molecular formula is C15H26N2O. The highest BCUT2D eigenvalue weighted by molar-refractivity contribution is 4.95. The number of rotatable bonds is 3. The second kappa shape index (κ2) is 5.04. The fraction of sp³-hybridized carbons (Fsp3) is 0.800. The van der Waals surface area contributed by atoms with Gasteiger partial charge in [-0.25, -0.2) is 4.98 Å². The highest BCUT2D eigenvalue weighted by Crippen LogP contribution is 2.39. The summed E-state index contributed by atoms with van der Waals surface area (Å²) in [6, 6.07) is 0. The molecule has 102 valence electrons. The molecule has 0 saturated heterocycles. The minimum absolute atomic E-state index is 0.397. The molecule has 1 saturated carbocycles. The summed E-state index contributed by atoms with van der Waals surface area (Å²) in [5.74, 6) is 1.08. The smallest absolute Gasteiger partial charge is 0.108 e. The Morgan fingerprint density at radius 3 is 2.72 bits per heavy atom. The maximum Gasteiger partial charge on any atom is 0.108 e. The molecule has 1 aromatic rings. The third-order valence-corrected chi connectivity index (χ3v) is 4.50. The first-order valence-corrected chi connectivity index (χ1v) is 7.09.